The summed E-state index contributed by atoms with van der Waals surface area (Å²) < 4.78 is 0. The van der Waals surface area contributed by atoms with Crippen LogP contribution in [0.1, 0.15) is 19.3 Å². The van der Waals surface area contributed by atoms with Crippen molar-refractivity contribution in [1.29, 1.82) is 0 Å². The minimum Gasteiger partial charge on any atom is -0.372 e. The molecule has 0 spiro atoms. The van der Waals surface area contributed by atoms with Gasteiger partial charge in [-0.25, -0.2) is 0 Å². The second kappa shape index (κ2) is 6.25. The summed E-state index contributed by atoms with van der Waals surface area (Å²) in [5.74, 6) is 0. The summed E-state index contributed by atoms with van der Waals surface area (Å²) in [7, 11) is 0. The van der Waals surface area contributed by atoms with Gasteiger partial charge in [0.05, 0.1) is 0 Å². The molecular formula is C13H19N. The molecular weight excluding hydrogens is 170 g/mol. The predicted molar refractivity (Wildman–Crippen MR) is 63.8 cm³/mol. The topological polar surface area (TPSA) is 3.24 Å². The Labute approximate surface area is 87.1 Å². The Hall–Kier alpha value is -1.24. The highest BCUT2D eigenvalue weighted by Crippen LogP contribution is 2.18. The van der Waals surface area contributed by atoms with Crippen LogP contribution in [0.4, 0.5) is 5.69 Å². The van der Waals surface area contributed by atoms with E-state index in [9.17, 15) is 0 Å². The van der Waals surface area contributed by atoms with Crippen LogP contribution < -0.4 is 4.90 Å². The van der Waals surface area contributed by atoms with E-state index < -0.39 is 0 Å². The van der Waals surface area contributed by atoms with Gasteiger partial charge in [0.15, 0.2) is 0 Å². The monoisotopic (exact) mass is 189 g/mol. The zero-order valence-electron chi connectivity index (χ0n) is 8.78. The standard InChI is InChI=1S/C11H15N.C2H4/c1-3-7-11(8-4-1)12-9-5-2-6-10-12;1-2/h1,3-4,7-8H,2,5-6,9-10H2;1-2H2. The maximum absolute atomic E-state index is 3.00. The lowest BCUT2D eigenvalue weighted by atomic mass is 10.1. The maximum atomic E-state index is 3.00. The average Bonchev–Trinajstić information content (AvgIpc) is 2.34. The van der Waals surface area contributed by atoms with Crippen LogP contribution in [-0.4, -0.2) is 13.1 Å². The molecule has 0 unspecified atom stereocenters. The predicted octanol–water partition coefficient (Wildman–Crippen LogP) is 3.48. The van der Waals surface area contributed by atoms with E-state index in [0.717, 1.165) is 0 Å². The minimum atomic E-state index is 1.24. The quantitative estimate of drug-likeness (QED) is 0.611. The summed E-state index contributed by atoms with van der Waals surface area (Å²) in [6.07, 6.45) is 4.12. The van der Waals surface area contributed by atoms with E-state index in [2.05, 4.69) is 48.4 Å². The second-order valence-corrected chi connectivity index (χ2v) is 3.38. The van der Waals surface area contributed by atoms with Crippen LogP contribution in [-0.2, 0) is 0 Å². The van der Waals surface area contributed by atoms with Gasteiger partial charge in [-0.05, 0) is 31.4 Å². The van der Waals surface area contributed by atoms with Crippen LogP contribution in [0.2, 0.25) is 0 Å². The van der Waals surface area contributed by atoms with Crippen LogP contribution in [0.15, 0.2) is 43.5 Å². The minimum absolute atomic E-state index is 1.24. The number of piperidine rings is 1. The second-order valence-electron chi connectivity index (χ2n) is 3.38. The highest BCUT2D eigenvalue weighted by molar-refractivity contribution is 5.46. The van der Waals surface area contributed by atoms with E-state index in [-0.39, 0.29) is 0 Å². The molecule has 0 N–H and O–H groups in total. The zero-order valence-corrected chi connectivity index (χ0v) is 8.78. The van der Waals surface area contributed by atoms with Gasteiger partial charge >= 0.3 is 0 Å². The number of nitrogens with zero attached hydrogens (tertiary/aromatic N) is 1. The van der Waals surface area contributed by atoms with E-state index in [1.165, 1.54) is 38.0 Å². The van der Waals surface area contributed by atoms with Crippen molar-refractivity contribution in [1.82, 2.24) is 0 Å². The lowest BCUT2D eigenvalue weighted by Crippen LogP contribution is -2.29. The summed E-state index contributed by atoms with van der Waals surface area (Å²) >= 11 is 0. The van der Waals surface area contributed by atoms with E-state index in [1.807, 2.05) is 0 Å². The molecule has 0 amide bonds. The largest absolute Gasteiger partial charge is 0.372 e. The average molecular weight is 189 g/mol. The van der Waals surface area contributed by atoms with Crippen molar-refractivity contribution in [3.05, 3.63) is 43.5 Å². The molecule has 0 radical (unpaired) electrons. The molecule has 0 bridgehead atoms. The Balaban J connectivity index is 0.000000461. The fourth-order valence-corrected chi connectivity index (χ4v) is 1.79. The Bertz CT molecular complexity index is 237. The third kappa shape index (κ3) is 2.91. The number of hydrogen-bond donors (Lipinski definition) is 0. The van der Waals surface area contributed by atoms with Gasteiger partial charge in [0.25, 0.3) is 0 Å². The molecule has 14 heavy (non-hydrogen) atoms. The molecule has 2 rings (SSSR count). The van der Waals surface area contributed by atoms with Crippen LogP contribution in [0.25, 0.3) is 0 Å². The lowest BCUT2D eigenvalue weighted by Gasteiger charge is -2.28. The van der Waals surface area contributed by atoms with E-state index >= 15 is 0 Å². The van der Waals surface area contributed by atoms with E-state index in [4.69, 9.17) is 0 Å². The van der Waals surface area contributed by atoms with Crippen molar-refractivity contribution in [3.8, 4) is 0 Å². The number of benzene rings is 1. The number of anilines is 1. The molecule has 0 atom stereocenters. The first-order valence-corrected chi connectivity index (χ1v) is 5.27. The highest BCUT2D eigenvalue weighted by Gasteiger charge is 2.09. The third-order valence-electron chi connectivity index (χ3n) is 2.48. The summed E-state index contributed by atoms with van der Waals surface area (Å²) in [6, 6.07) is 10.7. The molecule has 1 aromatic carbocycles. The maximum Gasteiger partial charge on any atom is 0.0366 e. The summed E-state index contributed by atoms with van der Waals surface area (Å²) in [5.41, 5.74) is 1.39. The van der Waals surface area contributed by atoms with Crippen molar-refractivity contribution < 1.29 is 0 Å². The first-order chi connectivity index (χ1) is 6.97. The number of para-hydroxylation sites is 1. The molecule has 76 valence electrons. The normalized spacial score (nSPS) is 15.6. The molecule has 1 saturated heterocycles. The Morgan fingerprint density at radius 2 is 1.43 bits per heavy atom. The molecule has 0 aliphatic carbocycles. The van der Waals surface area contributed by atoms with Crippen molar-refractivity contribution in [2.45, 2.75) is 19.3 Å². The van der Waals surface area contributed by atoms with Crippen molar-refractivity contribution in [3.63, 3.8) is 0 Å². The van der Waals surface area contributed by atoms with Crippen LogP contribution in [0.5, 0.6) is 0 Å². The van der Waals surface area contributed by atoms with Gasteiger partial charge in [-0.2, -0.15) is 0 Å². The van der Waals surface area contributed by atoms with Gasteiger partial charge < -0.3 is 4.90 Å². The molecule has 1 aromatic rings. The summed E-state index contributed by atoms with van der Waals surface area (Å²) in [5, 5.41) is 0. The number of rotatable bonds is 1. The fraction of sp³-hybridized carbons (Fsp3) is 0.385. The SMILES string of the molecule is C=C.c1ccc(N2CCCCC2)cc1. The molecule has 0 aromatic heterocycles. The molecule has 1 fully saturated rings. The van der Waals surface area contributed by atoms with E-state index in [1.54, 1.807) is 0 Å². The lowest BCUT2D eigenvalue weighted by molar-refractivity contribution is 0.578. The highest BCUT2D eigenvalue weighted by atomic mass is 15.1. The van der Waals surface area contributed by atoms with Gasteiger partial charge in [-0.3, -0.25) is 0 Å². The fourth-order valence-electron chi connectivity index (χ4n) is 1.79. The zero-order chi connectivity index (χ0) is 10.2. The molecule has 1 aliphatic heterocycles. The summed E-state index contributed by atoms with van der Waals surface area (Å²) in [6.45, 7) is 8.48. The van der Waals surface area contributed by atoms with Gasteiger partial charge in [0.1, 0.15) is 0 Å². The first kappa shape index (κ1) is 10.8. The molecule has 1 aliphatic rings. The molecule has 0 saturated carbocycles. The number of hydrogen-bond acceptors (Lipinski definition) is 1. The van der Waals surface area contributed by atoms with Crippen molar-refractivity contribution in [2.75, 3.05) is 18.0 Å². The van der Waals surface area contributed by atoms with Crippen LogP contribution >= 0.6 is 0 Å². The van der Waals surface area contributed by atoms with Gasteiger partial charge in [0.2, 0.25) is 0 Å². The van der Waals surface area contributed by atoms with Gasteiger partial charge in [0, 0.05) is 18.8 Å². The smallest absolute Gasteiger partial charge is 0.0366 e. The Morgan fingerprint density at radius 3 is 2.00 bits per heavy atom. The third-order valence-corrected chi connectivity index (χ3v) is 2.48. The van der Waals surface area contributed by atoms with Crippen molar-refractivity contribution in [2.24, 2.45) is 0 Å². The van der Waals surface area contributed by atoms with Gasteiger partial charge in [-0.1, -0.05) is 18.2 Å². The van der Waals surface area contributed by atoms with Crippen molar-refractivity contribution >= 4 is 5.69 Å². The molecule has 1 heterocycles. The first-order valence-electron chi connectivity index (χ1n) is 5.27. The molecule has 1 nitrogen and oxygen atoms in total. The van der Waals surface area contributed by atoms with Gasteiger partial charge in [-0.15, -0.1) is 13.2 Å². The van der Waals surface area contributed by atoms with Crippen LogP contribution in [0.3, 0.4) is 0 Å². The molecule has 1 heteroatoms. The van der Waals surface area contributed by atoms with Crippen LogP contribution in [0, 0.1) is 0 Å². The van der Waals surface area contributed by atoms with E-state index in [0.29, 0.717) is 0 Å². The summed E-state index contributed by atoms with van der Waals surface area (Å²) in [4.78, 5) is 2.48. The Morgan fingerprint density at radius 1 is 0.857 bits per heavy atom. The Kier molecular flexibility index (Phi) is 4.84.